The number of rotatable bonds is 2. The van der Waals surface area contributed by atoms with Crippen LogP contribution >= 0.6 is 15.9 Å². The molecule has 0 aliphatic carbocycles. The zero-order valence-corrected chi connectivity index (χ0v) is 9.28. The number of hydrogen-bond donors (Lipinski definition) is 1. The van der Waals surface area contributed by atoms with Crippen LogP contribution in [0.2, 0.25) is 0 Å². The summed E-state index contributed by atoms with van der Waals surface area (Å²) in [4.78, 5) is 3.92. The Labute approximate surface area is 94.1 Å². The normalized spacial score (nSPS) is 10.6. The predicted molar refractivity (Wildman–Crippen MR) is 56.9 cm³/mol. The maximum absolute atomic E-state index is 13.7. The lowest BCUT2D eigenvalue weighted by atomic mass is 10.2. The van der Waals surface area contributed by atoms with Gasteiger partial charge in [-0.1, -0.05) is 0 Å². The molecule has 2 heterocycles. The van der Waals surface area contributed by atoms with Gasteiger partial charge in [0.05, 0.1) is 10.7 Å². The molecule has 4 nitrogen and oxygen atoms in total. The van der Waals surface area contributed by atoms with Gasteiger partial charge >= 0.3 is 0 Å². The first-order valence-corrected chi connectivity index (χ1v) is 5.05. The lowest BCUT2D eigenvalue weighted by molar-refractivity contribution is 0.585. The number of nitrogens with two attached hydrogens (primary N) is 1. The fourth-order valence-electron chi connectivity index (χ4n) is 1.21. The Balaban J connectivity index is 2.53. The molecular formula is C9H8BrFN4. The summed E-state index contributed by atoms with van der Waals surface area (Å²) >= 11 is 3.23. The van der Waals surface area contributed by atoms with Crippen LogP contribution in [-0.4, -0.2) is 14.8 Å². The topological polar surface area (TPSA) is 56.7 Å². The van der Waals surface area contributed by atoms with Gasteiger partial charge in [0.1, 0.15) is 0 Å². The van der Waals surface area contributed by atoms with Gasteiger partial charge < -0.3 is 5.73 Å². The van der Waals surface area contributed by atoms with Crippen molar-refractivity contribution in [3.63, 3.8) is 0 Å². The molecule has 0 atom stereocenters. The largest absolute Gasteiger partial charge is 0.326 e. The number of halogens is 2. The zero-order chi connectivity index (χ0) is 10.8. The second kappa shape index (κ2) is 4.08. The van der Waals surface area contributed by atoms with Gasteiger partial charge in [0.25, 0.3) is 0 Å². The third-order valence-corrected chi connectivity index (χ3v) is 2.35. The standard InChI is InChI=1S/C9H8BrFN4/c10-7-4-14-15(5-7)9-8(11)6(3-12)1-2-13-9/h1-2,4-5H,3,12H2. The van der Waals surface area contributed by atoms with Crippen molar-refractivity contribution in [1.82, 2.24) is 14.8 Å². The first-order chi connectivity index (χ1) is 7.22. The van der Waals surface area contributed by atoms with Gasteiger partial charge in [-0.15, -0.1) is 0 Å². The molecule has 0 aromatic carbocycles. The van der Waals surface area contributed by atoms with Crippen molar-refractivity contribution in [2.45, 2.75) is 6.54 Å². The van der Waals surface area contributed by atoms with Crippen molar-refractivity contribution in [3.05, 3.63) is 40.5 Å². The summed E-state index contributed by atoms with van der Waals surface area (Å²) in [5.74, 6) is -0.278. The smallest absolute Gasteiger partial charge is 0.190 e. The van der Waals surface area contributed by atoms with E-state index >= 15 is 0 Å². The maximum Gasteiger partial charge on any atom is 0.190 e. The van der Waals surface area contributed by atoms with Crippen molar-refractivity contribution < 1.29 is 4.39 Å². The summed E-state index contributed by atoms with van der Waals surface area (Å²) < 4.78 is 15.9. The van der Waals surface area contributed by atoms with E-state index < -0.39 is 5.82 Å². The molecule has 15 heavy (non-hydrogen) atoms. The highest BCUT2D eigenvalue weighted by Crippen LogP contribution is 2.15. The molecule has 0 spiro atoms. The summed E-state index contributed by atoms with van der Waals surface area (Å²) in [5, 5.41) is 3.95. The maximum atomic E-state index is 13.7. The van der Waals surface area contributed by atoms with Crippen LogP contribution in [0.5, 0.6) is 0 Å². The van der Waals surface area contributed by atoms with E-state index in [-0.39, 0.29) is 12.4 Å². The average Bonchev–Trinajstić information content (AvgIpc) is 2.65. The first-order valence-electron chi connectivity index (χ1n) is 4.26. The average molecular weight is 271 g/mol. The van der Waals surface area contributed by atoms with Gasteiger partial charge in [0, 0.05) is 24.5 Å². The van der Waals surface area contributed by atoms with Gasteiger partial charge in [-0.2, -0.15) is 5.10 Å². The molecule has 0 unspecified atom stereocenters. The molecule has 2 aromatic rings. The Kier molecular flexibility index (Phi) is 2.79. The molecule has 6 heteroatoms. The van der Waals surface area contributed by atoms with Crippen LogP contribution < -0.4 is 5.73 Å². The minimum Gasteiger partial charge on any atom is -0.326 e. The lowest BCUT2D eigenvalue weighted by Crippen LogP contribution is -2.07. The summed E-state index contributed by atoms with van der Waals surface area (Å²) in [6.45, 7) is 0.143. The summed E-state index contributed by atoms with van der Waals surface area (Å²) in [6, 6.07) is 1.55. The van der Waals surface area contributed by atoms with Gasteiger partial charge in [-0.3, -0.25) is 0 Å². The van der Waals surface area contributed by atoms with E-state index in [1.54, 1.807) is 18.5 Å². The van der Waals surface area contributed by atoms with Gasteiger partial charge in [-0.05, 0) is 22.0 Å². The Morgan fingerprint density at radius 2 is 2.33 bits per heavy atom. The Hall–Kier alpha value is -1.27. The number of nitrogens with zero attached hydrogens (tertiary/aromatic N) is 3. The number of pyridine rings is 1. The molecule has 0 bridgehead atoms. The molecule has 0 aliphatic rings. The SMILES string of the molecule is NCc1ccnc(-n2cc(Br)cn2)c1F. The van der Waals surface area contributed by atoms with Crippen molar-refractivity contribution in [2.75, 3.05) is 0 Å². The minimum absolute atomic E-state index is 0.143. The monoisotopic (exact) mass is 270 g/mol. The zero-order valence-electron chi connectivity index (χ0n) is 7.69. The summed E-state index contributed by atoms with van der Waals surface area (Å²) in [6.07, 6.45) is 4.71. The fraction of sp³-hybridized carbons (Fsp3) is 0.111. The predicted octanol–water partition coefficient (Wildman–Crippen LogP) is 1.63. The van der Waals surface area contributed by atoms with E-state index in [1.807, 2.05) is 0 Å². The Morgan fingerprint density at radius 1 is 1.53 bits per heavy atom. The highest BCUT2D eigenvalue weighted by molar-refractivity contribution is 9.10. The number of aromatic nitrogens is 3. The molecule has 78 valence electrons. The molecule has 0 fully saturated rings. The van der Waals surface area contributed by atoms with Gasteiger partial charge in [-0.25, -0.2) is 14.1 Å². The van der Waals surface area contributed by atoms with Crippen LogP contribution in [-0.2, 0) is 6.54 Å². The molecule has 2 rings (SSSR count). The highest BCUT2D eigenvalue weighted by Gasteiger charge is 2.10. The van der Waals surface area contributed by atoms with Crippen LogP contribution in [0.1, 0.15) is 5.56 Å². The molecule has 0 amide bonds. The van der Waals surface area contributed by atoms with Crippen molar-refractivity contribution in [1.29, 1.82) is 0 Å². The van der Waals surface area contributed by atoms with Crippen molar-refractivity contribution >= 4 is 15.9 Å². The van der Waals surface area contributed by atoms with Crippen LogP contribution in [0.25, 0.3) is 5.82 Å². The lowest BCUT2D eigenvalue weighted by Gasteiger charge is -2.04. The third kappa shape index (κ3) is 1.91. The second-order valence-corrected chi connectivity index (χ2v) is 3.83. The van der Waals surface area contributed by atoms with Gasteiger partial charge in [0.15, 0.2) is 11.6 Å². The molecule has 0 saturated carbocycles. The first kappa shape index (κ1) is 10.3. The quantitative estimate of drug-likeness (QED) is 0.903. The van der Waals surface area contributed by atoms with Crippen LogP contribution in [0.4, 0.5) is 4.39 Å². The van der Waals surface area contributed by atoms with E-state index in [0.717, 1.165) is 4.47 Å². The van der Waals surface area contributed by atoms with E-state index in [9.17, 15) is 4.39 Å². The Bertz CT molecular complexity index is 483. The molecule has 0 radical (unpaired) electrons. The summed E-state index contributed by atoms with van der Waals surface area (Å²) in [5.41, 5.74) is 5.82. The Morgan fingerprint density at radius 3 is 2.93 bits per heavy atom. The molecular weight excluding hydrogens is 263 g/mol. The fourth-order valence-corrected chi connectivity index (χ4v) is 1.49. The van der Waals surface area contributed by atoms with Gasteiger partial charge in [0.2, 0.25) is 0 Å². The summed E-state index contributed by atoms with van der Waals surface area (Å²) in [7, 11) is 0. The van der Waals surface area contributed by atoms with Crippen LogP contribution in [0, 0.1) is 5.82 Å². The molecule has 2 N–H and O–H groups in total. The minimum atomic E-state index is -0.435. The number of hydrogen-bond acceptors (Lipinski definition) is 3. The van der Waals surface area contributed by atoms with Crippen LogP contribution in [0.3, 0.4) is 0 Å². The van der Waals surface area contributed by atoms with E-state index in [2.05, 4.69) is 26.0 Å². The highest BCUT2D eigenvalue weighted by atomic mass is 79.9. The third-order valence-electron chi connectivity index (χ3n) is 1.94. The van der Waals surface area contributed by atoms with Crippen LogP contribution in [0.15, 0.2) is 29.1 Å². The molecule has 0 aliphatic heterocycles. The van der Waals surface area contributed by atoms with E-state index in [4.69, 9.17) is 5.73 Å². The van der Waals surface area contributed by atoms with E-state index in [0.29, 0.717) is 5.56 Å². The second-order valence-electron chi connectivity index (χ2n) is 2.91. The van der Waals surface area contributed by atoms with E-state index in [1.165, 1.54) is 10.9 Å². The van der Waals surface area contributed by atoms with Crippen molar-refractivity contribution in [3.8, 4) is 5.82 Å². The molecule has 2 aromatic heterocycles. The van der Waals surface area contributed by atoms with Crippen molar-refractivity contribution in [2.24, 2.45) is 5.73 Å². The molecule has 0 saturated heterocycles.